The molecule has 1 atom stereocenters. The van der Waals surface area contributed by atoms with Gasteiger partial charge in [0.1, 0.15) is 0 Å². The highest BCUT2D eigenvalue weighted by molar-refractivity contribution is 7.99. The van der Waals surface area contributed by atoms with Crippen molar-refractivity contribution in [2.75, 3.05) is 17.3 Å². The maximum atomic E-state index is 13.2. The van der Waals surface area contributed by atoms with Crippen molar-refractivity contribution in [1.82, 2.24) is 14.9 Å². The van der Waals surface area contributed by atoms with E-state index in [0.29, 0.717) is 29.0 Å². The Kier molecular flexibility index (Phi) is 6.15. The zero-order valence-corrected chi connectivity index (χ0v) is 18.7. The fourth-order valence-electron chi connectivity index (χ4n) is 3.58. The predicted octanol–water partition coefficient (Wildman–Crippen LogP) is 2.15. The summed E-state index contributed by atoms with van der Waals surface area (Å²) in [5.74, 6) is -0.130. The van der Waals surface area contributed by atoms with Gasteiger partial charge in [-0.25, -0.2) is 13.4 Å². The van der Waals surface area contributed by atoms with Crippen LogP contribution in [-0.2, 0) is 21.2 Å². The van der Waals surface area contributed by atoms with E-state index in [0.717, 1.165) is 11.1 Å². The van der Waals surface area contributed by atoms with Crippen LogP contribution >= 0.6 is 11.8 Å². The van der Waals surface area contributed by atoms with E-state index in [-0.39, 0.29) is 34.8 Å². The summed E-state index contributed by atoms with van der Waals surface area (Å²) in [6, 6.07) is 14.7. The first-order valence-corrected chi connectivity index (χ1v) is 12.8. The van der Waals surface area contributed by atoms with Crippen LogP contribution in [0.4, 0.5) is 0 Å². The van der Waals surface area contributed by atoms with Crippen molar-refractivity contribution in [1.29, 1.82) is 0 Å². The van der Waals surface area contributed by atoms with E-state index in [2.05, 4.69) is 10.3 Å². The first kappa shape index (κ1) is 21.6. The Morgan fingerprint density at radius 2 is 1.94 bits per heavy atom. The molecule has 2 heterocycles. The molecule has 3 aromatic rings. The monoisotopic (exact) mass is 457 g/mol. The molecular weight excluding hydrogens is 434 g/mol. The van der Waals surface area contributed by atoms with Gasteiger partial charge in [-0.1, -0.05) is 53.7 Å². The minimum atomic E-state index is -3.06. The number of fused-ring (bicyclic) bond motifs is 1. The molecule has 1 aliphatic heterocycles. The van der Waals surface area contributed by atoms with E-state index in [1.807, 2.05) is 37.3 Å². The third kappa shape index (κ3) is 5.16. The molecule has 1 N–H and O–H groups in total. The molecule has 4 rings (SSSR count). The van der Waals surface area contributed by atoms with E-state index in [1.165, 1.54) is 11.8 Å². The zero-order valence-electron chi connectivity index (χ0n) is 17.1. The molecule has 0 aliphatic carbocycles. The molecule has 162 valence electrons. The summed E-state index contributed by atoms with van der Waals surface area (Å²) in [5.41, 5.74) is 2.52. The molecule has 0 unspecified atom stereocenters. The lowest BCUT2D eigenvalue weighted by molar-refractivity contribution is -0.119. The Labute approximate surface area is 184 Å². The van der Waals surface area contributed by atoms with Crippen LogP contribution in [0.5, 0.6) is 0 Å². The van der Waals surface area contributed by atoms with Gasteiger partial charge >= 0.3 is 0 Å². The number of carbonyl (C=O) groups is 1. The lowest BCUT2D eigenvalue weighted by Crippen LogP contribution is -2.36. The lowest BCUT2D eigenvalue weighted by Gasteiger charge is -2.14. The van der Waals surface area contributed by atoms with E-state index >= 15 is 0 Å². The molecule has 0 spiro atoms. The second kappa shape index (κ2) is 8.84. The van der Waals surface area contributed by atoms with Gasteiger partial charge in [0, 0.05) is 6.04 Å². The van der Waals surface area contributed by atoms with Crippen LogP contribution in [0.25, 0.3) is 10.9 Å². The smallest absolute Gasteiger partial charge is 0.262 e. The van der Waals surface area contributed by atoms with Crippen LogP contribution in [0, 0.1) is 6.92 Å². The quantitative estimate of drug-likeness (QED) is 0.450. The van der Waals surface area contributed by atoms with Gasteiger partial charge in [0.15, 0.2) is 15.0 Å². The van der Waals surface area contributed by atoms with Crippen LogP contribution in [0.15, 0.2) is 58.5 Å². The number of aromatic nitrogens is 2. The van der Waals surface area contributed by atoms with Gasteiger partial charge in [-0.15, -0.1) is 0 Å². The molecule has 1 aliphatic rings. The number of hydrogen-bond acceptors (Lipinski definition) is 6. The molecule has 0 saturated carbocycles. The Hall–Kier alpha value is -2.65. The van der Waals surface area contributed by atoms with E-state index in [4.69, 9.17) is 0 Å². The number of benzene rings is 2. The third-order valence-corrected chi connectivity index (χ3v) is 7.96. The number of para-hydroxylation sites is 1. The average Bonchev–Trinajstić information content (AvgIpc) is 3.08. The molecule has 9 heteroatoms. The Morgan fingerprint density at radius 3 is 2.65 bits per heavy atom. The number of carbonyl (C=O) groups excluding carboxylic acids is 1. The van der Waals surface area contributed by atoms with Crippen molar-refractivity contribution in [2.45, 2.75) is 31.1 Å². The topological polar surface area (TPSA) is 98.1 Å². The summed E-state index contributed by atoms with van der Waals surface area (Å²) >= 11 is 1.18. The van der Waals surface area contributed by atoms with Gasteiger partial charge < -0.3 is 5.32 Å². The molecule has 0 bridgehead atoms. The number of rotatable bonds is 6. The summed E-state index contributed by atoms with van der Waals surface area (Å²) < 4.78 is 24.8. The molecule has 2 aromatic carbocycles. The van der Waals surface area contributed by atoms with E-state index in [9.17, 15) is 18.0 Å². The van der Waals surface area contributed by atoms with E-state index in [1.54, 1.807) is 22.8 Å². The van der Waals surface area contributed by atoms with Crippen molar-refractivity contribution in [3.05, 3.63) is 70.0 Å². The second-order valence-corrected chi connectivity index (χ2v) is 10.9. The summed E-state index contributed by atoms with van der Waals surface area (Å²) in [4.78, 5) is 30.2. The largest absolute Gasteiger partial charge is 0.352 e. The summed E-state index contributed by atoms with van der Waals surface area (Å²) in [6.45, 7) is 2.35. The fraction of sp³-hybridized carbons (Fsp3) is 0.318. The SMILES string of the molecule is Cc1ccc(Cn2c(SCC(=O)N[C@@H]3CCS(=O)(=O)C3)nc3ccccc3c2=O)cc1. The maximum Gasteiger partial charge on any atom is 0.262 e. The van der Waals surface area contributed by atoms with Gasteiger partial charge in [0.05, 0.1) is 34.7 Å². The number of hydrogen-bond donors (Lipinski definition) is 1. The van der Waals surface area contributed by atoms with Crippen LogP contribution < -0.4 is 10.9 Å². The number of aryl methyl sites for hydroxylation is 1. The minimum absolute atomic E-state index is 0.0181. The average molecular weight is 458 g/mol. The van der Waals surface area contributed by atoms with Crippen LogP contribution in [-0.4, -0.2) is 47.2 Å². The second-order valence-electron chi connectivity index (χ2n) is 7.74. The molecule has 7 nitrogen and oxygen atoms in total. The van der Waals surface area contributed by atoms with Crippen molar-refractivity contribution in [3.8, 4) is 0 Å². The molecule has 1 aromatic heterocycles. The standard InChI is InChI=1S/C22H23N3O4S2/c1-15-6-8-16(9-7-15)12-25-21(27)18-4-2-3-5-19(18)24-22(25)30-13-20(26)23-17-10-11-31(28,29)14-17/h2-9,17H,10-14H2,1H3,(H,23,26)/t17-/m1/s1. The molecule has 0 radical (unpaired) electrons. The van der Waals surface area contributed by atoms with E-state index < -0.39 is 9.84 Å². The number of nitrogens with zero attached hydrogens (tertiary/aromatic N) is 2. The molecule has 1 saturated heterocycles. The van der Waals surface area contributed by atoms with Crippen molar-refractivity contribution < 1.29 is 13.2 Å². The number of amides is 1. The summed E-state index contributed by atoms with van der Waals surface area (Å²) in [5, 5.41) is 3.76. The Morgan fingerprint density at radius 1 is 1.19 bits per heavy atom. The molecule has 1 fully saturated rings. The van der Waals surface area contributed by atoms with Crippen molar-refractivity contribution >= 4 is 38.4 Å². The normalized spacial score (nSPS) is 17.6. The lowest BCUT2D eigenvalue weighted by atomic mass is 10.1. The Balaban J connectivity index is 1.57. The first-order chi connectivity index (χ1) is 14.8. The highest BCUT2D eigenvalue weighted by atomic mass is 32.2. The number of thioether (sulfide) groups is 1. The zero-order chi connectivity index (χ0) is 22.0. The molecule has 31 heavy (non-hydrogen) atoms. The van der Waals surface area contributed by atoms with Crippen LogP contribution in [0.1, 0.15) is 17.5 Å². The summed E-state index contributed by atoms with van der Waals surface area (Å²) in [6.07, 6.45) is 0.436. The predicted molar refractivity (Wildman–Crippen MR) is 122 cm³/mol. The van der Waals surface area contributed by atoms with Crippen LogP contribution in [0.3, 0.4) is 0 Å². The third-order valence-electron chi connectivity index (χ3n) is 5.22. The van der Waals surface area contributed by atoms with Gasteiger partial charge in [-0.2, -0.15) is 0 Å². The van der Waals surface area contributed by atoms with Crippen LogP contribution in [0.2, 0.25) is 0 Å². The number of nitrogens with one attached hydrogen (secondary N) is 1. The molecule has 1 amide bonds. The van der Waals surface area contributed by atoms with Gasteiger partial charge in [0.2, 0.25) is 5.91 Å². The summed E-state index contributed by atoms with van der Waals surface area (Å²) in [7, 11) is -3.06. The van der Waals surface area contributed by atoms with Crippen molar-refractivity contribution in [3.63, 3.8) is 0 Å². The number of sulfone groups is 1. The minimum Gasteiger partial charge on any atom is -0.352 e. The van der Waals surface area contributed by atoms with Gasteiger partial charge in [-0.3, -0.25) is 14.2 Å². The Bertz CT molecular complexity index is 1280. The maximum absolute atomic E-state index is 13.2. The first-order valence-electron chi connectivity index (χ1n) is 9.98. The van der Waals surface area contributed by atoms with Crippen molar-refractivity contribution in [2.24, 2.45) is 0 Å². The molecular formula is C22H23N3O4S2. The van der Waals surface area contributed by atoms with Gasteiger partial charge in [-0.05, 0) is 31.0 Å². The van der Waals surface area contributed by atoms with Gasteiger partial charge in [0.25, 0.3) is 5.56 Å². The highest BCUT2D eigenvalue weighted by Gasteiger charge is 2.29. The fourth-order valence-corrected chi connectivity index (χ4v) is 6.06. The highest BCUT2D eigenvalue weighted by Crippen LogP contribution is 2.20.